The number of rotatable bonds is 4. The SMILES string of the molecule is Brc1ccccc1N(c1cccc(-c2ccccc2)c1)c1ccccc1Br. The summed E-state index contributed by atoms with van der Waals surface area (Å²) in [6.45, 7) is 0. The third-order valence-corrected chi connectivity index (χ3v) is 5.74. The number of hydrogen-bond acceptors (Lipinski definition) is 1. The third-order valence-electron chi connectivity index (χ3n) is 4.40. The van der Waals surface area contributed by atoms with Gasteiger partial charge in [-0.2, -0.15) is 0 Å². The van der Waals surface area contributed by atoms with E-state index in [1.807, 2.05) is 18.2 Å². The molecule has 0 spiro atoms. The van der Waals surface area contributed by atoms with E-state index < -0.39 is 0 Å². The average molecular weight is 479 g/mol. The lowest BCUT2D eigenvalue weighted by Gasteiger charge is -2.27. The third kappa shape index (κ3) is 3.85. The van der Waals surface area contributed by atoms with Gasteiger partial charge in [-0.3, -0.25) is 0 Å². The van der Waals surface area contributed by atoms with E-state index in [0.717, 1.165) is 26.0 Å². The van der Waals surface area contributed by atoms with Crippen LogP contribution >= 0.6 is 31.9 Å². The van der Waals surface area contributed by atoms with Crippen LogP contribution in [0.25, 0.3) is 11.1 Å². The molecule has 0 bridgehead atoms. The first kappa shape index (κ1) is 18.0. The molecule has 0 heterocycles. The van der Waals surface area contributed by atoms with Crippen molar-refractivity contribution in [3.05, 3.63) is 112 Å². The predicted octanol–water partition coefficient (Wildman–Crippen LogP) is 8.35. The second kappa shape index (κ2) is 8.12. The molecule has 0 saturated carbocycles. The second-order valence-electron chi connectivity index (χ2n) is 6.15. The van der Waals surface area contributed by atoms with Crippen LogP contribution in [0.5, 0.6) is 0 Å². The summed E-state index contributed by atoms with van der Waals surface area (Å²) in [7, 11) is 0. The maximum atomic E-state index is 3.72. The van der Waals surface area contributed by atoms with Crippen LogP contribution in [-0.4, -0.2) is 0 Å². The van der Waals surface area contributed by atoms with Crippen molar-refractivity contribution in [3.8, 4) is 11.1 Å². The molecule has 0 amide bonds. The number of hydrogen-bond donors (Lipinski definition) is 0. The van der Waals surface area contributed by atoms with E-state index in [4.69, 9.17) is 0 Å². The molecule has 4 rings (SSSR count). The Hall–Kier alpha value is -2.36. The fraction of sp³-hybridized carbons (Fsp3) is 0. The van der Waals surface area contributed by atoms with Crippen molar-refractivity contribution in [2.24, 2.45) is 0 Å². The molecule has 4 aromatic rings. The Bertz CT molecular complexity index is 1010. The molecule has 4 aromatic carbocycles. The van der Waals surface area contributed by atoms with Gasteiger partial charge in [0.2, 0.25) is 0 Å². The highest BCUT2D eigenvalue weighted by Crippen LogP contribution is 2.42. The molecule has 0 aliphatic carbocycles. The summed E-state index contributed by atoms with van der Waals surface area (Å²) < 4.78 is 2.09. The standard InChI is InChI=1S/C24H17Br2N/c25-21-13-4-6-15-23(21)27(24-16-7-5-14-22(24)26)20-12-8-11-19(17-20)18-9-2-1-3-10-18/h1-17H. The predicted molar refractivity (Wildman–Crippen MR) is 122 cm³/mol. The van der Waals surface area contributed by atoms with Crippen molar-refractivity contribution in [1.29, 1.82) is 0 Å². The lowest BCUT2D eigenvalue weighted by Crippen LogP contribution is -2.11. The minimum atomic E-state index is 1.05. The lowest BCUT2D eigenvalue weighted by atomic mass is 10.0. The Morgan fingerprint density at radius 1 is 0.481 bits per heavy atom. The van der Waals surface area contributed by atoms with E-state index in [2.05, 4.69) is 122 Å². The Labute approximate surface area is 176 Å². The molecule has 0 saturated heterocycles. The number of benzene rings is 4. The number of anilines is 3. The molecular weight excluding hydrogens is 462 g/mol. The van der Waals surface area contributed by atoms with Gasteiger partial charge in [-0.15, -0.1) is 0 Å². The van der Waals surface area contributed by atoms with Crippen molar-refractivity contribution in [3.63, 3.8) is 0 Å². The molecular formula is C24H17Br2N. The van der Waals surface area contributed by atoms with Gasteiger partial charge in [-0.05, 0) is 79.4 Å². The molecule has 1 nitrogen and oxygen atoms in total. The zero-order chi connectivity index (χ0) is 18.6. The van der Waals surface area contributed by atoms with E-state index in [1.165, 1.54) is 11.1 Å². The largest absolute Gasteiger partial charge is 0.308 e. The van der Waals surface area contributed by atoms with Crippen molar-refractivity contribution in [2.75, 3.05) is 4.90 Å². The highest BCUT2D eigenvalue weighted by molar-refractivity contribution is 9.11. The Kier molecular flexibility index (Phi) is 5.42. The van der Waals surface area contributed by atoms with Crippen molar-refractivity contribution < 1.29 is 0 Å². The number of nitrogens with zero attached hydrogens (tertiary/aromatic N) is 1. The van der Waals surface area contributed by atoms with Gasteiger partial charge in [-0.25, -0.2) is 0 Å². The maximum Gasteiger partial charge on any atom is 0.0604 e. The number of para-hydroxylation sites is 2. The van der Waals surface area contributed by atoms with E-state index >= 15 is 0 Å². The van der Waals surface area contributed by atoms with Gasteiger partial charge in [0.15, 0.2) is 0 Å². The van der Waals surface area contributed by atoms with Crippen molar-refractivity contribution in [2.45, 2.75) is 0 Å². The first-order valence-corrected chi connectivity index (χ1v) is 10.3. The summed E-state index contributed by atoms with van der Waals surface area (Å²) in [5, 5.41) is 0. The van der Waals surface area contributed by atoms with Gasteiger partial charge in [0, 0.05) is 14.6 Å². The zero-order valence-corrected chi connectivity index (χ0v) is 17.7. The Morgan fingerprint density at radius 2 is 1.00 bits per heavy atom. The summed E-state index contributed by atoms with van der Waals surface area (Å²) in [5.74, 6) is 0. The highest BCUT2D eigenvalue weighted by atomic mass is 79.9. The molecule has 27 heavy (non-hydrogen) atoms. The normalized spacial score (nSPS) is 10.6. The van der Waals surface area contributed by atoms with Gasteiger partial charge in [-0.1, -0.05) is 66.7 Å². The summed E-state index contributed by atoms with van der Waals surface area (Å²) in [4.78, 5) is 2.26. The molecule has 3 heteroatoms. The molecule has 0 aliphatic rings. The lowest BCUT2D eigenvalue weighted by molar-refractivity contribution is 1.26. The Balaban J connectivity index is 1.90. The van der Waals surface area contributed by atoms with Crippen LogP contribution in [0.4, 0.5) is 17.1 Å². The Morgan fingerprint density at radius 3 is 1.59 bits per heavy atom. The fourth-order valence-electron chi connectivity index (χ4n) is 3.13. The first-order chi connectivity index (χ1) is 13.2. The summed E-state index contributed by atoms with van der Waals surface area (Å²) in [6, 6.07) is 35.7. The van der Waals surface area contributed by atoms with Crippen LogP contribution < -0.4 is 4.90 Å². The van der Waals surface area contributed by atoms with E-state index in [-0.39, 0.29) is 0 Å². The van der Waals surface area contributed by atoms with E-state index in [0.29, 0.717) is 0 Å². The molecule has 0 unspecified atom stereocenters. The summed E-state index contributed by atoms with van der Waals surface area (Å²) >= 11 is 7.45. The van der Waals surface area contributed by atoms with Crippen LogP contribution in [0.2, 0.25) is 0 Å². The van der Waals surface area contributed by atoms with Crippen molar-refractivity contribution in [1.82, 2.24) is 0 Å². The van der Waals surface area contributed by atoms with Crippen LogP contribution in [0, 0.1) is 0 Å². The average Bonchev–Trinajstić information content (AvgIpc) is 2.72. The second-order valence-corrected chi connectivity index (χ2v) is 7.86. The number of halogens is 2. The van der Waals surface area contributed by atoms with Gasteiger partial charge in [0.05, 0.1) is 11.4 Å². The maximum absolute atomic E-state index is 3.72. The smallest absolute Gasteiger partial charge is 0.0604 e. The zero-order valence-electron chi connectivity index (χ0n) is 14.5. The van der Waals surface area contributed by atoms with E-state index in [9.17, 15) is 0 Å². The van der Waals surface area contributed by atoms with Crippen LogP contribution in [0.1, 0.15) is 0 Å². The molecule has 132 valence electrons. The quantitative estimate of drug-likeness (QED) is 0.284. The molecule has 0 fully saturated rings. The van der Waals surface area contributed by atoms with Crippen LogP contribution in [0.15, 0.2) is 112 Å². The topological polar surface area (TPSA) is 3.24 Å². The molecule has 0 N–H and O–H groups in total. The molecule has 0 radical (unpaired) electrons. The van der Waals surface area contributed by atoms with Gasteiger partial charge >= 0.3 is 0 Å². The molecule has 0 atom stereocenters. The minimum absolute atomic E-state index is 1.05. The first-order valence-electron chi connectivity index (χ1n) is 8.69. The van der Waals surface area contributed by atoms with Crippen LogP contribution in [-0.2, 0) is 0 Å². The van der Waals surface area contributed by atoms with E-state index in [1.54, 1.807) is 0 Å². The summed E-state index contributed by atoms with van der Waals surface area (Å²) in [5.41, 5.74) is 5.69. The van der Waals surface area contributed by atoms with Gasteiger partial charge < -0.3 is 4.90 Å². The summed E-state index contributed by atoms with van der Waals surface area (Å²) in [6.07, 6.45) is 0. The molecule has 0 aromatic heterocycles. The van der Waals surface area contributed by atoms with Crippen LogP contribution in [0.3, 0.4) is 0 Å². The monoisotopic (exact) mass is 477 g/mol. The van der Waals surface area contributed by atoms with Gasteiger partial charge in [0.25, 0.3) is 0 Å². The highest BCUT2D eigenvalue weighted by Gasteiger charge is 2.17. The molecule has 0 aliphatic heterocycles. The fourth-order valence-corrected chi connectivity index (χ4v) is 4.05. The van der Waals surface area contributed by atoms with Gasteiger partial charge in [0.1, 0.15) is 0 Å². The van der Waals surface area contributed by atoms with Crippen molar-refractivity contribution >= 4 is 48.9 Å². The minimum Gasteiger partial charge on any atom is -0.308 e.